The van der Waals surface area contributed by atoms with Gasteiger partial charge in [0.2, 0.25) is 5.91 Å². The summed E-state index contributed by atoms with van der Waals surface area (Å²) in [6, 6.07) is 0.0686. The summed E-state index contributed by atoms with van der Waals surface area (Å²) < 4.78 is 0. The highest BCUT2D eigenvalue weighted by Gasteiger charge is 2.17. The fourth-order valence-corrected chi connectivity index (χ4v) is 1.83. The third-order valence-electron chi connectivity index (χ3n) is 2.84. The first-order valence-corrected chi connectivity index (χ1v) is 5.50. The molecule has 0 saturated heterocycles. The third-order valence-corrected chi connectivity index (χ3v) is 2.84. The fraction of sp³-hybridized carbons (Fsp3) is 0.900. The van der Waals surface area contributed by atoms with E-state index < -0.39 is 0 Å². The van der Waals surface area contributed by atoms with E-state index in [-0.39, 0.29) is 11.9 Å². The van der Waals surface area contributed by atoms with Crippen molar-refractivity contribution >= 4 is 5.91 Å². The Hall–Kier alpha value is -0.610. The van der Waals surface area contributed by atoms with Crippen molar-refractivity contribution in [2.45, 2.75) is 57.5 Å². The van der Waals surface area contributed by atoms with E-state index in [1.807, 2.05) is 0 Å². The molecule has 4 N–H and O–H groups in total. The maximum absolute atomic E-state index is 11.5. The second-order valence-electron chi connectivity index (χ2n) is 4.09. The Labute approximate surface area is 85.6 Å². The fourth-order valence-electron chi connectivity index (χ4n) is 1.83. The van der Waals surface area contributed by atoms with Gasteiger partial charge in [0.1, 0.15) is 0 Å². The molecule has 1 fully saturated rings. The predicted octanol–water partition coefficient (Wildman–Crippen LogP) is 0.677. The molecule has 1 amide bonds. The highest BCUT2D eigenvalue weighted by molar-refractivity contribution is 5.81. The molecule has 1 rings (SSSR count). The lowest BCUT2D eigenvalue weighted by molar-refractivity contribution is -0.123. The second-order valence-corrected chi connectivity index (χ2v) is 4.09. The highest BCUT2D eigenvalue weighted by Crippen LogP contribution is 2.17. The van der Waals surface area contributed by atoms with Crippen LogP contribution in [0.5, 0.6) is 0 Å². The van der Waals surface area contributed by atoms with Crippen LogP contribution in [0.15, 0.2) is 0 Å². The molecule has 0 aliphatic heterocycles. The Morgan fingerprint density at radius 3 is 2.36 bits per heavy atom. The van der Waals surface area contributed by atoms with Gasteiger partial charge in [-0.25, -0.2) is 5.43 Å². The number of nitrogens with two attached hydrogens (primary N) is 1. The van der Waals surface area contributed by atoms with Crippen LogP contribution in [0.25, 0.3) is 0 Å². The predicted molar refractivity (Wildman–Crippen MR) is 56.4 cm³/mol. The Morgan fingerprint density at radius 1 is 1.29 bits per heavy atom. The minimum Gasteiger partial charge on any atom is -0.352 e. The monoisotopic (exact) mass is 199 g/mol. The van der Waals surface area contributed by atoms with Crippen molar-refractivity contribution in [3.8, 4) is 0 Å². The molecule has 14 heavy (non-hydrogen) atoms. The van der Waals surface area contributed by atoms with Crippen LogP contribution in [0.1, 0.15) is 45.4 Å². The molecule has 0 radical (unpaired) electrons. The lowest BCUT2D eigenvalue weighted by Gasteiger charge is -2.18. The smallest absolute Gasteiger partial charge is 0.238 e. The number of hydrogen-bond acceptors (Lipinski definition) is 3. The summed E-state index contributed by atoms with van der Waals surface area (Å²) in [6.45, 7) is 1.77. The van der Waals surface area contributed by atoms with Crippen molar-refractivity contribution in [2.75, 3.05) is 0 Å². The first-order chi connectivity index (χ1) is 6.74. The van der Waals surface area contributed by atoms with E-state index in [9.17, 15) is 4.79 Å². The first-order valence-electron chi connectivity index (χ1n) is 5.50. The molecule has 1 aliphatic carbocycles. The zero-order chi connectivity index (χ0) is 10.4. The molecule has 82 valence electrons. The van der Waals surface area contributed by atoms with Crippen molar-refractivity contribution < 1.29 is 4.79 Å². The molecule has 4 nitrogen and oxygen atoms in total. The van der Waals surface area contributed by atoms with Crippen LogP contribution >= 0.6 is 0 Å². The Kier molecular flexibility index (Phi) is 4.90. The molecule has 0 spiro atoms. The van der Waals surface area contributed by atoms with Crippen molar-refractivity contribution in [1.29, 1.82) is 0 Å². The summed E-state index contributed by atoms with van der Waals surface area (Å²) >= 11 is 0. The molecule has 1 atom stereocenters. The SMILES string of the molecule is CC(NN)C(=O)NC1CCCCCC1. The van der Waals surface area contributed by atoms with E-state index in [1.54, 1.807) is 6.92 Å². The molecule has 1 unspecified atom stereocenters. The van der Waals surface area contributed by atoms with Crippen LogP contribution in [-0.4, -0.2) is 18.0 Å². The van der Waals surface area contributed by atoms with Gasteiger partial charge in [0.25, 0.3) is 0 Å². The average Bonchev–Trinajstić information content (AvgIpc) is 2.45. The van der Waals surface area contributed by atoms with Crippen LogP contribution < -0.4 is 16.6 Å². The number of carbonyl (C=O) groups excluding carboxylic acids is 1. The normalized spacial score (nSPS) is 21.3. The number of rotatable bonds is 3. The Bertz CT molecular complexity index is 176. The summed E-state index contributed by atoms with van der Waals surface area (Å²) in [5, 5.41) is 3.03. The van der Waals surface area contributed by atoms with Crippen LogP contribution in [0.4, 0.5) is 0 Å². The molecule has 0 aromatic rings. The summed E-state index contributed by atoms with van der Waals surface area (Å²) in [4.78, 5) is 11.5. The molecule has 4 heteroatoms. The summed E-state index contributed by atoms with van der Waals surface area (Å²) in [5.41, 5.74) is 2.46. The molecule has 0 heterocycles. The zero-order valence-corrected chi connectivity index (χ0v) is 8.88. The van der Waals surface area contributed by atoms with Gasteiger partial charge >= 0.3 is 0 Å². The van der Waals surface area contributed by atoms with Crippen LogP contribution in [0, 0.1) is 0 Å². The number of carbonyl (C=O) groups is 1. The quantitative estimate of drug-likeness (QED) is 0.356. The molecule has 0 aromatic carbocycles. The standard InChI is InChI=1S/C10H21N3O/c1-8(13-11)10(14)12-9-6-4-2-3-5-7-9/h8-9,13H,2-7,11H2,1H3,(H,12,14). The van der Waals surface area contributed by atoms with Crippen molar-refractivity contribution in [3.05, 3.63) is 0 Å². The number of nitrogens with one attached hydrogen (secondary N) is 2. The molecule has 0 aromatic heterocycles. The van der Waals surface area contributed by atoms with E-state index >= 15 is 0 Å². The van der Waals surface area contributed by atoms with Gasteiger partial charge < -0.3 is 5.32 Å². The summed E-state index contributed by atoms with van der Waals surface area (Å²) in [6.07, 6.45) is 7.30. The van der Waals surface area contributed by atoms with E-state index in [1.165, 1.54) is 25.7 Å². The Balaban J connectivity index is 2.30. The van der Waals surface area contributed by atoms with Crippen molar-refractivity contribution in [2.24, 2.45) is 5.84 Å². The maximum Gasteiger partial charge on any atom is 0.238 e. The van der Waals surface area contributed by atoms with Crippen LogP contribution in [0.2, 0.25) is 0 Å². The Morgan fingerprint density at radius 2 is 1.86 bits per heavy atom. The summed E-state index contributed by atoms with van der Waals surface area (Å²) in [7, 11) is 0. The molecule has 1 aliphatic rings. The first kappa shape index (κ1) is 11.5. The van der Waals surface area contributed by atoms with Crippen molar-refractivity contribution in [3.63, 3.8) is 0 Å². The number of amides is 1. The van der Waals surface area contributed by atoms with Crippen LogP contribution in [-0.2, 0) is 4.79 Å². The summed E-state index contributed by atoms with van der Waals surface area (Å²) in [5.74, 6) is 5.21. The molecular weight excluding hydrogens is 178 g/mol. The topological polar surface area (TPSA) is 67.1 Å². The van der Waals surface area contributed by atoms with Gasteiger partial charge in [-0.05, 0) is 19.8 Å². The lowest BCUT2D eigenvalue weighted by Crippen LogP contribution is -2.48. The van der Waals surface area contributed by atoms with E-state index in [2.05, 4.69) is 10.7 Å². The lowest BCUT2D eigenvalue weighted by atomic mass is 10.1. The number of hydrazine groups is 1. The van der Waals surface area contributed by atoms with Gasteiger partial charge in [0.05, 0.1) is 6.04 Å². The van der Waals surface area contributed by atoms with Gasteiger partial charge in [0.15, 0.2) is 0 Å². The largest absolute Gasteiger partial charge is 0.352 e. The van der Waals surface area contributed by atoms with Gasteiger partial charge in [0, 0.05) is 6.04 Å². The van der Waals surface area contributed by atoms with Gasteiger partial charge in [-0.1, -0.05) is 25.7 Å². The highest BCUT2D eigenvalue weighted by atomic mass is 16.2. The minimum absolute atomic E-state index is 0.0133. The second kappa shape index (κ2) is 5.98. The van der Waals surface area contributed by atoms with Crippen molar-refractivity contribution in [1.82, 2.24) is 10.7 Å². The van der Waals surface area contributed by atoms with E-state index in [0.29, 0.717) is 6.04 Å². The van der Waals surface area contributed by atoms with Gasteiger partial charge in [-0.15, -0.1) is 0 Å². The minimum atomic E-state index is -0.293. The molecular formula is C10H21N3O. The van der Waals surface area contributed by atoms with E-state index in [0.717, 1.165) is 12.8 Å². The van der Waals surface area contributed by atoms with Crippen LogP contribution in [0.3, 0.4) is 0 Å². The average molecular weight is 199 g/mol. The zero-order valence-electron chi connectivity index (χ0n) is 8.88. The number of hydrogen-bond donors (Lipinski definition) is 3. The van der Waals surface area contributed by atoms with Gasteiger partial charge in [-0.3, -0.25) is 10.6 Å². The maximum atomic E-state index is 11.5. The van der Waals surface area contributed by atoms with E-state index in [4.69, 9.17) is 5.84 Å². The third kappa shape index (κ3) is 3.64. The van der Waals surface area contributed by atoms with Gasteiger partial charge in [-0.2, -0.15) is 0 Å². The molecule has 1 saturated carbocycles. The molecule has 0 bridgehead atoms.